The standard InChI is InChI=1S/C18H19FN4O2/c1-3-15-17(12(2)25-21-15)18(24)23-8-6-22(7-9-23)16-5-4-13(11-20)10-14(16)19/h4-5,10H,3,6-9H2,1-2H3. The van der Waals surface area contributed by atoms with Crippen molar-refractivity contribution >= 4 is 11.6 Å². The average molecular weight is 342 g/mol. The van der Waals surface area contributed by atoms with Gasteiger partial charge in [-0.1, -0.05) is 12.1 Å². The summed E-state index contributed by atoms with van der Waals surface area (Å²) in [6, 6.07) is 6.38. The Morgan fingerprint density at radius 1 is 1.36 bits per heavy atom. The molecule has 1 aromatic carbocycles. The highest BCUT2D eigenvalue weighted by molar-refractivity contribution is 5.96. The zero-order valence-corrected chi connectivity index (χ0v) is 14.3. The summed E-state index contributed by atoms with van der Waals surface area (Å²) >= 11 is 0. The van der Waals surface area contributed by atoms with Gasteiger partial charge in [0.2, 0.25) is 0 Å². The number of hydrogen-bond donors (Lipinski definition) is 0. The summed E-state index contributed by atoms with van der Waals surface area (Å²) in [4.78, 5) is 16.4. The fraction of sp³-hybridized carbons (Fsp3) is 0.389. The number of aryl methyl sites for hydroxylation is 2. The zero-order chi connectivity index (χ0) is 18.0. The fourth-order valence-electron chi connectivity index (χ4n) is 3.07. The zero-order valence-electron chi connectivity index (χ0n) is 14.3. The number of halogens is 1. The number of benzene rings is 1. The average Bonchev–Trinajstić information content (AvgIpc) is 3.01. The summed E-state index contributed by atoms with van der Waals surface area (Å²) < 4.78 is 19.3. The van der Waals surface area contributed by atoms with Gasteiger partial charge in [-0.15, -0.1) is 0 Å². The number of carbonyl (C=O) groups is 1. The van der Waals surface area contributed by atoms with Crippen LogP contribution >= 0.6 is 0 Å². The van der Waals surface area contributed by atoms with Crippen LogP contribution in [0.3, 0.4) is 0 Å². The molecule has 1 aliphatic heterocycles. The summed E-state index contributed by atoms with van der Waals surface area (Å²) in [5, 5.41) is 12.8. The molecule has 0 radical (unpaired) electrons. The van der Waals surface area contributed by atoms with Crippen LogP contribution in [0.5, 0.6) is 0 Å². The van der Waals surface area contributed by atoms with E-state index < -0.39 is 5.82 Å². The SMILES string of the molecule is CCc1noc(C)c1C(=O)N1CCN(c2ccc(C#N)cc2F)CC1. The van der Waals surface area contributed by atoms with E-state index in [1.54, 1.807) is 24.0 Å². The maximum absolute atomic E-state index is 14.2. The van der Waals surface area contributed by atoms with Crippen molar-refractivity contribution in [1.82, 2.24) is 10.1 Å². The Morgan fingerprint density at radius 3 is 2.68 bits per heavy atom. The minimum absolute atomic E-state index is 0.0875. The molecule has 0 saturated carbocycles. The van der Waals surface area contributed by atoms with Gasteiger partial charge in [0.1, 0.15) is 17.1 Å². The third-order valence-electron chi connectivity index (χ3n) is 4.47. The van der Waals surface area contributed by atoms with E-state index in [4.69, 9.17) is 9.78 Å². The van der Waals surface area contributed by atoms with Crippen molar-refractivity contribution in [2.75, 3.05) is 31.1 Å². The number of anilines is 1. The molecule has 0 spiro atoms. The van der Waals surface area contributed by atoms with E-state index in [2.05, 4.69) is 5.16 Å². The molecule has 1 fully saturated rings. The monoisotopic (exact) mass is 342 g/mol. The summed E-state index contributed by atoms with van der Waals surface area (Å²) in [6.45, 7) is 5.71. The van der Waals surface area contributed by atoms with Gasteiger partial charge in [0, 0.05) is 26.2 Å². The first-order chi connectivity index (χ1) is 12.0. The Balaban J connectivity index is 1.71. The molecule has 1 aromatic heterocycles. The lowest BCUT2D eigenvalue weighted by Crippen LogP contribution is -2.49. The molecule has 130 valence electrons. The molecule has 0 unspecified atom stereocenters. The highest BCUT2D eigenvalue weighted by Gasteiger charge is 2.28. The first-order valence-corrected chi connectivity index (χ1v) is 8.24. The summed E-state index contributed by atoms with van der Waals surface area (Å²) in [5.74, 6) is 0.0277. The molecule has 1 aliphatic rings. The molecular weight excluding hydrogens is 323 g/mol. The molecule has 0 atom stereocenters. The van der Waals surface area contributed by atoms with Crippen molar-refractivity contribution in [3.63, 3.8) is 0 Å². The van der Waals surface area contributed by atoms with Crippen molar-refractivity contribution < 1.29 is 13.7 Å². The van der Waals surface area contributed by atoms with Crippen molar-refractivity contribution in [3.05, 3.63) is 46.6 Å². The highest BCUT2D eigenvalue weighted by atomic mass is 19.1. The molecular formula is C18H19FN4O2. The maximum Gasteiger partial charge on any atom is 0.259 e. The Bertz CT molecular complexity index is 832. The lowest BCUT2D eigenvalue weighted by molar-refractivity contribution is 0.0744. The molecule has 7 heteroatoms. The number of aromatic nitrogens is 1. The minimum Gasteiger partial charge on any atom is -0.366 e. The van der Waals surface area contributed by atoms with Crippen LogP contribution < -0.4 is 4.90 Å². The van der Waals surface area contributed by atoms with Crippen LogP contribution in [-0.4, -0.2) is 42.1 Å². The number of nitriles is 1. The topological polar surface area (TPSA) is 73.4 Å². The van der Waals surface area contributed by atoms with E-state index >= 15 is 0 Å². The summed E-state index contributed by atoms with van der Waals surface area (Å²) in [5.41, 5.74) is 1.97. The molecule has 0 aliphatic carbocycles. The molecule has 1 saturated heterocycles. The predicted octanol–water partition coefficient (Wildman–Crippen LogP) is 2.52. The molecule has 3 rings (SSSR count). The number of amides is 1. The van der Waals surface area contributed by atoms with Gasteiger partial charge < -0.3 is 14.3 Å². The third kappa shape index (κ3) is 3.20. The van der Waals surface area contributed by atoms with Gasteiger partial charge >= 0.3 is 0 Å². The Hall–Kier alpha value is -2.88. The van der Waals surface area contributed by atoms with Gasteiger partial charge in [0.15, 0.2) is 0 Å². The molecule has 6 nitrogen and oxygen atoms in total. The van der Waals surface area contributed by atoms with Gasteiger partial charge in [-0.05, 0) is 31.5 Å². The molecule has 2 aromatic rings. The van der Waals surface area contributed by atoms with Crippen LogP contribution in [0.2, 0.25) is 0 Å². The molecule has 2 heterocycles. The van der Waals surface area contributed by atoms with Crippen molar-refractivity contribution in [2.24, 2.45) is 0 Å². The number of nitrogens with zero attached hydrogens (tertiary/aromatic N) is 4. The van der Waals surface area contributed by atoms with E-state index in [9.17, 15) is 9.18 Å². The second kappa shape index (κ2) is 6.93. The number of hydrogen-bond acceptors (Lipinski definition) is 5. The summed E-state index contributed by atoms with van der Waals surface area (Å²) in [7, 11) is 0. The van der Waals surface area contributed by atoms with Gasteiger partial charge in [0.25, 0.3) is 5.91 Å². The fourth-order valence-corrected chi connectivity index (χ4v) is 3.07. The third-order valence-corrected chi connectivity index (χ3v) is 4.47. The van der Waals surface area contributed by atoms with E-state index in [1.807, 2.05) is 17.9 Å². The molecule has 0 N–H and O–H groups in total. The second-order valence-electron chi connectivity index (χ2n) is 5.97. The maximum atomic E-state index is 14.2. The number of carbonyl (C=O) groups excluding carboxylic acids is 1. The van der Waals surface area contributed by atoms with Gasteiger partial charge in [-0.3, -0.25) is 4.79 Å². The lowest BCUT2D eigenvalue weighted by atomic mass is 10.1. The van der Waals surface area contributed by atoms with Crippen LogP contribution in [0, 0.1) is 24.1 Å². The molecule has 1 amide bonds. The van der Waals surface area contributed by atoms with Crippen LogP contribution in [0.25, 0.3) is 0 Å². The van der Waals surface area contributed by atoms with E-state index in [0.717, 1.165) is 0 Å². The summed E-state index contributed by atoms with van der Waals surface area (Å²) in [6.07, 6.45) is 0.634. The first kappa shape index (κ1) is 17.0. The van der Waals surface area contributed by atoms with E-state index in [0.29, 0.717) is 60.9 Å². The Morgan fingerprint density at radius 2 is 2.08 bits per heavy atom. The van der Waals surface area contributed by atoms with Crippen molar-refractivity contribution in [3.8, 4) is 6.07 Å². The smallest absolute Gasteiger partial charge is 0.259 e. The normalized spacial score (nSPS) is 14.5. The van der Waals surface area contributed by atoms with Crippen LogP contribution in [0.4, 0.5) is 10.1 Å². The number of piperazine rings is 1. The predicted molar refractivity (Wildman–Crippen MR) is 89.8 cm³/mol. The molecule has 25 heavy (non-hydrogen) atoms. The lowest BCUT2D eigenvalue weighted by Gasteiger charge is -2.36. The quantitative estimate of drug-likeness (QED) is 0.857. The second-order valence-corrected chi connectivity index (χ2v) is 5.97. The largest absolute Gasteiger partial charge is 0.366 e. The van der Waals surface area contributed by atoms with Crippen LogP contribution in [0.15, 0.2) is 22.7 Å². The minimum atomic E-state index is -0.415. The van der Waals surface area contributed by atoms with Crippen LogP contribution in [-0.2, 0) is 6.42 Å². The van der Waals surface area contributed by atoms with Gasteiger partial charge in [-0.2, -0.15) is 5.26 Å². The Labute approximate surface area is 145 Å². The molecule has 0 bridgehead atoms. The van der Waals surface area contributed by atoms with Crippen molar-refractivity contribution in [1.29, 1.82) is 5.26 Å². The highest BCUT2D eigenvalue weighted by Crippen LogP contribution is 2.23. The van der Waals surface area contributed by atoms with Gasteiger partial charge in [0.05, 0.1) is 23.0 Å². The van der Waals surface area contributed by atoms with E-state index in [-0.39, 0.29) is 5.91 Å². The van der Waals surface area contributed by atoms with Crippen LogP contribution in [0.1, 0.15) is 34.3 Å². The first-order valence-electron chi connectivity index (χ1n) is 8.24. The van der Waals surface area contributed by atoms with Crippen molar-refractivity contribution in [2.45, 2.75) is 20.3 Å². The van der Waals surface area contributed by atoms with E-state index in [1.165, 1.54) is 6.07 Å². The Kier molecular flexibility index (Phi) is 4.70. The number of rotatable bonds is 3. The van der Waals surface area contributed by atoms with Gasteiger partial charge in [-0.25, -0.2) is 4.39 Å².